The second kappa shape index (κ2) is 7.27. The summed E-state index contributed by atoms with van der Waals surface area (Å²) in [4.78, 5) is 18.5. The highest BCUT2D eigenvalue weighted by Gasteiger charge is 2.29. The highest BCUT2D eigenvalue weighted by molar-refractivity contribution is 5.90. The minimum atomic E-state index is -0.401. The highest BCUT2D eigenvalue weighted by atomic mass is 35.5. The third kappa shape index (κ3) is 3.42. The van der Waals surface area contributed by atoms with Crippen LogP contribution in [0, 0.1) is 5.82 Å². The molecule has 0 spiro atoms. The zero-order chi connectivity index (χ0) is 16.6. The number of para-hydroxylation sites is 1. The van der Waals surface area contributed by atoms with E-state index in [0.717, 1.165) is 6.42 Å². The molecule has 130 valence electrons. The molecule has 2 N–H and O–H groups in total. The molecule has 3 rings (SSSR count). The summed E-state index contributed by atoms with van der Waals surface area (Å²) < 4.78 is 15.5. The van der Waals surface area contributed by atoms with Crippen LogP contribution in [-0.4, -0.2) is 44.7 Å². The Morgan fingerprint density at radius 2 is 2.08 bits per heavy atom. The number of carbonyl (C=O) groups is 1. The lowest BCUT2D eigenvalue weighted by molar-refractivity contribution is 0.0779. The molecule has 0 bridgehead atoms. The Labute approximate surface area is 146 Å². The van der Waals surface area contributed by atoms with Crippen LogP contribution >= 0.6 is 12.4 Å². The fourth-order valence-electron chi connectivity index (χ4n) is 2.70. The van der Waals surface area contributed by atoms with Crippen molar-refractivity contribution in [3.63, 3.8) is 0 Å². The molecule has 0 radical (unpaired) electrons. The van der Waals surface area contributed by atoms with E-state index >= 15 is 0 Å². The Bertz CT molecular complexity index is 733. The van der Waals surface area contributed by atoms with Crippen LogP contribution in [0.2, 0.25) is 0 Å². The minimum absolute atomic E-state index is 0. The molecule has 1 aliphatic rings. The third-order valence-electron chi connectivity index (χ3n) is 3.93. The van der Waals surface area contributed by atoms with Gasteiger partial charge >= 0.3 is 0 Å². The number of carbonyl (C=O) groups excluding carboxylic acids is 1. The van der Waals surface area contributed by atoms with Crippen LogP contribution in [0.15, 0.2) is 24.3 Å². The van der Waals surface area contributed by atoms with Gasteiger partial charge in [0.25, 0.3) is 5.91 Å². The number of aromatic nitrogens is 3. The monoisotopic (exact) mass is 353 g/mol. The number of amides is 1. The van der Waals surface area contributed by atoms with Gasteiger partial charge in [0, 0.05) is 25.0 Å². The van der Waals surface area contributed by atoms with Crippen LogP contribution in [0.3, 0.4) is 0 Å². The fraction of sp³-hybridized carbons (Fsp3) is 0.438. The van der Waals surface area contributed by atoms with Gasteiger partial charge in [-0.3, -0.25) is 4.79 Å². The first kappa shape index (κ1) is 18.4. The van der Waals surface area contributed by atoms with Gasteiger partial charge in [-0.1, -0.05) is 26.0 Å². The fourth-order valence-corrected chi connectivity index (χ4v) is 2.70. The van der Waals surface area contributed by atoms with E-state index in [1.165, 1.54) is 10.7 Å². The normalized spacial score (nSPS) is 17.2. The van der Waals surface area contributed by atoms with Crippen molar-refractivity contribution < 1.29 is 9.18 Å². The number of nitrogens with two attached hydrogens (primary N) is 1. The van der Waals surface area contributed by atoms with Gasteiger partial charge in [0.05, 0.1) is 0 Å². The third-order valence-corrected chi connectivity index (χ3v) is 3.93. The molecular formula is C16H21ClFN5O. The van der Waals surface area contributed by atoms with Crippen molar-refractivity contribution in [3.8, 4) is 5.69 Å². The minimum Gasteiger partial charge on any atom is -0.334 e. The largest absolute Gasteiger partial charge is 0.334 e. The van der Waals surface area contributed by atoms with Crippen molar-refractivity contribution in [1.29, 1.82) is 0 Å². The van der Waals surface area contributed by atoms with E-state index in [9.17, 15) is 9.18 Å². The van der Waals surface area contributed by atoms with E-state index in [0.29, 0.717) is 24.6 Å². The first-order valence-electron chi connectivity index (χ1n) is 7.74. The maximum Gasteiger partial charge on any atom is 0.293 e. The molecule has 0 aliphatic carbocycles. The van der Waals surface area contributed by atoms with Gasteiger partial charge in [-0.2, -0.15) is 0 Å². The molecule has 1 amide bonds. The second-order valence-corrected chi connectivity index (χ2v) is 6.11. The van der Waals surface area contributed by atoms with Gasteiger partial charge < -0.3 is 10.6 Å². The van der Waals surface area contributed by atoms with Gasteiger partial charge in [-0.05, 0) is 18.6 Å². The number of hydrogen-bond acceptors (Lipinski definition) is 4. The lowest BCUT2D eigenvalue weighted by Crippen LogP contribution is -2.32. The Morgan fingerprint density at radius 1 is 1.38 bits per heavy atom. The zero-order valence-corrected chi connectivity index (χ0v) is 14.5. The molecule has 24 heavy (non-hydrogen) atoms. The first-order chi connectivity index (χ1) is 11.0. The summed E-state index contributed by atoms with van der Waals surface area (Å²) in [5.41, 5.74) is 6.14. The number of benzene rings is 1. The van der Waals surface area contributed by atoms with Crippen molar-refractivity contribution in [2.45, 2.75) is 32.2 Å². The van der Waals surface area contributed by atoms with E-state index in [2.05, 4.69) is 10.1 Å². The Morgan fingerprint density at radius 3 is 2.67 bits per heavy atom. The molecule has 1 saturated heterocycles. The SMILES string of the molecule is CC(C)c1nc(C(=O)N2CC[C@@H](N)C2)nn1-c1ccccc1F.Cl. The van der Waals surface area contributed by atoms with Crippen LogP contribution in [0.5, 0.6) is 0 Å². The van der Waals surface area contributed by atoms with Crippen molar-refractivity contribution in [2.75, 3.05) is 13.1 Å². The Hall–Kier alpha value is -1.99. The number of nitrogens with zero attached hydrogens (tertiary/aromatic N) is 4. The van der Waals surface area contributed by atoms with Gasteiger partial charge in [0.1, 0.15) is 17.3 Å². The van der Waals surface area contributed by atoms with E-state index < -0.39 is 5.82 Å². The molecule has 1 aromatic carbocycles. The number of rotatable bonds is 3. The lowest BCUT2D eigenvalue weighted by atomic mass is 10.2. The molecule has 8 heteroatoms. The molecule has 1 aliphatic heterocycles. The van der Waals surface area contributed by atoms with E-state index in [4.69, 9.17) is 5.73 Å². The molecule has 2 heterocycles. The second-order valence-electron chi connectivity index (χ2n) is 6.11. The maximum absolute atomic E-state index is 14.1. The van der Waals surface area contributed by atoms with E-state index in [-0.39, 0.29) is 36.1 Å². The highest BCUT2D eigenvalue weighted by Crippen LogP contribution is 2.20. The molecule has 1 aromatic heterocycles. The molecule has 1 atom stereocenters. The van der Waals surface area contributed by atoms with Crippen molar-refractivity contribution >= 4 is 18.3 Å². The molecular weight excluding hydrogens is 333 g/mol. The maximum atomic E-state index is 14.1. The topological polar surface area (TPSA) is 77.0 Å². The van der Waals surface area contributed by atoms with Gasteiger partial charge in [0.15, 0.2) is 0 Å². The Balaban J connectivity index is 0.00000208. The molecule has 0 saturated carbocycles. The first-order valence-corrected chi connectivity index (χ1v) is 7.74. The summed E-state index contributed by atoms with van der Waals surface area (Å²) in [5.74, 6) is -0.00563. The van der Waals surface area contributed by atoms with Gasteiger partial charge in [-0.25, -0.2) is 14.1 Å². The lowest BCUT2D eigenvalue weighted by Gasteiger charge is -2.12. The summed E-state index contributed by atoms with van der Waals surface area (Å²) in [6, 6.07) is 6.32. The van der Waals surface area contributed by atoms with Crippen molar-refractivity contribution in [3.05, 3.63) is 41.7 Å². The zero-order valence-electron chi connectivity index (χ0n) is 13.6. The predicted octanol–water partition coefficient (Wildman–Crippen LogP) is 2.12. The number of hydrogen-bond donors (Lipinski definition) is 1. The standard InChI is InChI=1S/C16H20FN5O.ClH/c1-10(2)15-19-14(16(23)21-8-7-11(18)9-21)20-22(15)13-6-4-3-5-12(13)17;/h3-6,10-11H,7-9,18H2,1-2H3;1H/t11-;/m1./s1. The summed E-state index contributed by atoms with van der Waals surface area (Å²) in [5, 5.41) is 4.27. The number of likely N-dealkylation sites (tertiary alicyclic amines) is 1. The predicted molar refractivity (Wildman–Crippen MR) is 91.1 cm³/mol. The molecule has 1 fully saturated rings. The Kier molecular flexibility index (Phi) is 5.56. The van der Waals surface area contributed by atoms with E-state index in [1.807, 2.05) is 13.8 Å². The van der Waals surface area contributed by atoms with Gasteiger partial charge in [-0.15, -0.1) is 17.5 Å². The smallest absolute Gasteiger partial charge is 0.293 e. The summed E-state index contributed by atoms with van der Waals surface area (Å²) >= 11 is 0. The summed E-state index contributed by atoms with van der Waals surface area (Å²) in [7, 11) is 0. The van der Waals surface area contributed by atoms with Crippen molar-refractivity contribution in [2.24, 2.45) is 5.73 Å². The van der Waals surface area contributed by atoms with Crippen LogP contribution in [-0.2, 0) is 0 Å². The average molecular weight is 354 g/mol. The molecule has 2 aromatic rings. The molecule has 6 nitrogen and oxygen atoms in total. The van der Waals surface area contributed by atoms with Gasteiger partial charge in [0.2, 0.25) is 5.82 Å². The summed E-state index contributed by atoms with van der Waals surface area (Å²) in [6.07, 6.45) is 0.775. The van der Waals surface area contributed by atoms with Crippen molar-refractivity contribution in [1.82, 2.24) is 19.7 Å². The van der Waals surface area contributed by atoms with Crippen LogP contribution < -0.4 is 5.73 Å². The summed E-state index contributed by atoms with van der Waals surface area (Å²) in [6.45, 7) is 4.97. The molecule has 0 unspecified atom stereocenters. The average Bonchev–Trinajstić information content (AvgIpc) is 3.13. The number of halogens is 2. The van der Waals surface area contributed by atoms with E-state index in [1.54, 1.807) is 23.1 Å². The van der Waals surface area contributed by atoms with Crippen LogP contribution in [0.1, 0.15) is 42.6 Å². The van der Waals surface area contributed by atoms with Crippen LogP contribution in [0.25, 0.3) is 5.69 Å². The quantitative estimate of drug-likeness (QED) is 0.917. The van der Waals surface area contributed by atoms with Crippen LogP contribution in [0.4, 0.5) is 4.39 Å².